The molecule has 0 fully saturated rings. The number of anilines is 1. The predicted molar refractivity (Wildman–Crippen MR) is 58.0 cm³/mol. The number of rotatable bonds is 3. The molecule has 1 N–H and O–H groups in total. The first-order valence-corrected chi connectivity index (χ1v) is 4.77. The lowest BCUT2D eigenvalue weighted by Crippen LogP contribution is -2.10. The number of nitrogens with one attached hydrogen (secondary N) is 1. The van der Waals surface area contributed by atoms with Gasteiger partial charge in [-0.15, -0.1) is 10.2 Å². The molecule has 7 heteroatoms. The van der Waals surface area contributed by atoms with Gasteiger partial charge in [0.25, 0.3) is 0 Å². The third-order valence-corrected chi connectivity index (χ3v) is 1.95. The molecule has 0 saturated carbocycles. The molecule has 2 heterocycles. The highest BCUT2D eigenvalue weighted by Gasteiger charge is 2.02. The van der Waals surface area contributed by atoms with E-state index < -0.39 is 0 Å². The van der Waals surface area contributed by atoms with E-state index in [4.69, 9.17) is 5.26 Å². The Kier molecular flexibility index (Phi) is 3.07. The number of hydrogen-bond acceptors (Lipinski definition) is 5. The quantitative estimate of drug-likeness (QED) is 0.825. The van der Waals surface area contributed by atoms with Gasteiger partial charge in [-0.3, -0.25) is 9.36 Å². The topological polar surface area (TPSA) is 96.5 Å². The van der Waals surface area contributed by atoms with Crippen molar-refractivity contribution in [3.8, 4) is 11.9 Å². The molecule has 84 valence electrons. The van der Waals surface area contributed by atoms with E-state index in [1.807, 2.05) is 0 Å². The second kappa shape index (κ2) is 4.85. The Morgan fingerprint density at radius 3 is 2.76 bits per heavy atom. The van der Waals surface area contributed by atoms with E-state index in [-0.39, 0.29) is 12.3 Å². The smallest absolute Gasteiger partial charge is 0.238 e. The number of hydrogen-bond donors (Lipinski definition) is 1. The minimum absolute atomic E-state index is 0.173. The van der Waals surface area contributed by atoms with Gasteiger partial charge in [0.1, 0.15) is 24.9 Å². The molecule has 0 aliphatic carbocycles. The molecule has 0 atom stereocenters. The minimum Gasteiger partial charge on any atom is -0.324 e. The molecule has 2 aromatic rings. The number of aromatic nitrogens is 4. The average molecular weight is 228 g/mol. The van der Waals surface area contributed by atoms with Crippen molar-refractivity contribution in [1.29, 1.82) is 5.26 Å². The van der Waals surface area contributed by atoms with Gasteiger partial charge in [0.2, 0.25) is 5.91 Å². The lowest BCUT2D eigenvalue weighted by molar-refractivity contribution is -0.115. The van der Waals surface area contributed by atoms with Crippen molar-refractivity contribution in [3.05, 3.63) is 31.0 Å². The van der Waals surface area contributed by atoms with Crippen molar-refractivity contribution in [2.45, 2.75) is 6.42 Å². The zero-order chi connectivity index (χ0) is 12.1. The number of carbonyl (C=O) groups excluding carboxylic acids is 1. The van der Waals surface area contributed by atoms with E-state index in [0.29, 0.717) is 11.5 Å². The highest BCUT2D eigenvalue weighted by Crippen LogP contribution is 2.09. The van der Waals surface area contributed by atoms with E-state index >= 15 is 0 Å². The molecular formula is C10H8N6O. The van der Waals surface area contributed by atoms with Crippen molar-refractivity contribution in [2.75, 3.05) is 5.32 Å². The predicted octanol–water partition coefficient (Wildman–Crippen LogP) is 0.514. The van der Waals surface area contributed by atoms with Crippen LogP contribution in [0.25, 0.3) is 5.82 Å². The Labute approximate surface area is 96.7 Å². The van der Waals surface area contributed by atoms with Gasteiger partial charge in [-0.25, -0.2) is 4.98 Å². The summed E-state index contributed by atoms with van der Waals surface area (Å²) in [7, 11) is 0. The van der Waals surface area contributed by atoms with Gasteiger partial charge in [0.05, 0.1) is 18.0 Å². The van der Waals surface area contributed by atoms with Crippen molar-refractivity contribution < 1.29 is 4.79 Å². The Morgan fingerprint density at radius 2 is 2.18 bits per heavy atom. The second-order valence-electron chi connectivity index (χ2n) is 3.16. The highest BCUT2D eigenvalue weighted by atomic mass is 16.1. The molecule has 0 unspecified atom stereocenters. The van der Waals surface area contributed by atoms with Crippen molar-refractivity contribution in [1.82, 2.24) is 19.7 Å². The summed E-state index contributed by atoms with van der Waals surface area (Å²) in [6, 6.07) is 5.17. The lowest BCUT2D eigenvalue weighted by atomic mass is 10.3. The molecule has 0 radical (unpaired) electrons. The largest absolute Gasteiger partial charge is 0.324 e. The van der Waals surface area contributed by atoms with Gasteiger partial charge < -0.3 is 5.32 Å². The average Bonchev–Trinajstić information content (AvgIpc) is 2.84. The lowest BCUT2D eigenvalue weighted by Gasteiger charge is -2.03. The van der Waals surface area contributed by atoms with Crippen LogP contribution < -0.4 is 5.32 Å². The van der Waals surface area contributed by atoms with Crippen LogP contribution >= 0.6 is 0 Å². The van der Waals surface area contributed by atoms with Gasteiger partial charge in [-0.05, 0) is 12.1 Å². The van der Waals surface area contributed by atoms with Crippen LogP contribution in [-0.4, -0.2) is 25.7 Å². The van der Waals surface area contributed by atoms with E-state index in [1.165, 1.54) is 18.9 Å². The molecule has 0 aliphatic heterocycles. The van der Waals surface area contributed by atoms with Crippen LogP contribution in [0.5, 0.6) is 0 Å². The summed E-state index contributed by atoms with van der Waals surface area (Å²) < 4.78 is 1.64. The first kappa shape index (κ1) is 10.8. The van der Waals surface area contributed by atoms with Crippen molar-refractivity contribution in [3.63, 3.8) is 0 Å². The van der Waals surface area contributed by atoms with E-state index in [0.717, 1.165) is 0 Å². The van der Waals surface area contributed by atoms with E-state index in [1.54, 1.807) is 22.8 Å². The van der Waals surface area contributed by atoms with Gasteiger partial charge in [0.15, 0.2) is 0 Å². The third-order valence-electron chi connectivity index (χ3n) is 1.95. The molecule has 2 rings (SSSR count). The minimum atomic E-state index is -0.355. The van der Waals surface area contributed by atoms with Crippen LogP contribution in [-0.2, 0) is 4.79 Å². The molecule has 2 aromatic heterocycles. The number of amides is 1. The molecule has 0 aliphatic rings. The van der Waals surface area contributed by atoms with E-state index in [2.05, 4.69) is 20.5 Å². The monoisotopic (exact) mass is 228 g/mol. The fourth-order valence-electron chi connectivity index (χ4n) is 1.21. The normalized spacial score (nSPS) is 9.59. The van der Waals surface area contributed by atoms with Crippen LogP contribution in [0.3, 0.4) is 0 Å². The van der Waals surface area contributed by atoms with E-state index in [9.17, 15) is 4.79 Å². The Hall–Kier alpha value is -2.75. The maximum absolute atomic E-state index is 11.1. The summed E-state index contributed by atoms with van der Waals surface area (Å²) in [5, 5.41) is 18.2. The second-order valence-corrected chi connectivity index (χ2v) is 3.16. The van der Waals surface area contributed by atoms with Crippen molar-refractivity contribution in [2.24, 2.45) is 0 Å². The van der Waals surface area contributed by atoms with Crippen LogP contribution in [0.2, 0.25) is 0 Å². The fraction of sp³-hybridized carbons (Fsp3) is 0.100. The Bertz CT molecular complexity index is 539. The van der Waals surface area contributed by atoms with Crippen molar-refractivity contribution >= 4 is 11.6 Å². The fourth-order valence-corrected chi connectivity index (χ4v) is 1.21. The maximum Gasteiger partial charge on any atom is 0.238 e. The number of pyridine rings is 1. The van der Waals surface area contributed by atoms with Gasteiger partial charge >= 0.3 is 0 Å². The summed E-state index contributed by atoms with van der Waals surface area (Å²) in [6.07, 6.45) is 4.38. The molecule has 0 saturated heterocycles. The first-order valence-electron chi connectivity index (χ1n) is 4.77. The zero-order valence-corrected chi connectivity index (χ0v) is 8.74. The van der Waals surface area contributed by atoms with Crippen LogP contribution in [0, 0.1) is 11.3 Å². The first-order chi connectivity index (χ1) is 8.29. The molecule has 0 bridgehead atoms. The summed E-state index contributed by atoms with van der Waals surface area (Å²) in [4.78, 5) is 15.3. The Balaban J connectivity index is 2.09. The Morgan fingerprint density at radius 1 is 1.41 bits per heavy atom. The van der Waals surface area contributed by atoms with Gasteiger partial charge in [0, 0.05) is 0 Å². The third kappa shape index (κ3) is 2.63. The zero-order valence-electron chi connectivity index (χ0n) is 8.74. The molecule has 0 aromatic carbocycles. The summed E-state index contributed by atoms with van der Waals surface area (Å²) in [6.45, 7) is 0. The standard InChI is InChI=1S/C10H8N6O/c11-4-3-10(17)15-8-1-2-9(12-5-8)16-6-13-14-7-16/h1-2,5-7H,3H2,(H,15,17). The molecule has 17 heavy (non-hydrogen) atoms. The number of nitrogens with zero attached hydrogens (tertiary/aromatic N) is 5. The van der Waals surface area contributed by atoms with Crippen LogP contribution in [0.15, 0.2) is 31.0 Å². The number of carbonyl (C=O) groups is 1. The molecule has 0 spiro atoms. The summed E-state index contributed by atoms with van der Waals surface area (Å²) in [5.41, 5.74) is 0.544. The van der Waals surface area contributed by atoms with Crippen LogP contribution in [0.1, 0.15) is 6.42 Å². The molecular weight excluding hydrogens is 220 g/mol. The molecule has 1 amide bonds. The number of nitriles is 1. The highest BCUT2D eigenvalue weighted by molar-refractivity contribution is 5.91. The van der Waals surface area contributed by atoms with Gasteiger partial charge in [-0.2, -0.15) is 5.26 Å². The SMILES string of the molecule is N#CCC(=O)Nc1ccc(-n2cnnc2)nc1. The molecule has 7 nitrogen and oxygen atoms in total. The maximum atomic E-state index is 11.1. The van der Waals surface area contributed by atoms with Gasteiger partial charge in [-0.1, -0.05) is 0 Å². The van der Waals surface area contributed by atoms with Crippen LogP contribution in [0.4, 0.5) is 5.69 Å². The summed E-state index contributed by atoms with van der Waals surface area (Å²) in [5.74, 6) is 0.291. The summed E-state index contributed by atoms with van der Waals surface area (Å²) >= 11 is 0.